The van der Waals surface area contributed by atoms with Crippen molar-refractivity contribution in [2.24, 2.45) is 0 Å². The maximum atomic E-state index is 11.8. The molecule has 2 nitrogen and oxygen atoms in total. The molecule has 1 aromatic carbocycles. The Morgan fingerprint density at radius 3 is 2.53 bits per heavy atom. The summed E-state index contributed by atoms with van der Waals surface area (Å²) in [4.78, 5) is 11.8. The predicted octanol–water partition coefficient (Wildman–Crippen LogP) is 4.16. The molecule has 0 amide bonds. The zero-order valence-corrected chi connectivity index (χ0v) is 11.7. The molecule has 2 rings (SSSR count). The summed E-state index contributed by atoms with van der Waals surface area (Å²) in [6.45, 7) is 0. The van der Waals surface area contributed by atoms with Crippen LogP contribution in [-0.4, -0.2) is 10.4 Å². The average molecular weight is 271 g/mol. The van der Waals surface area contributed by atoms with E-state index in [4.69, 9.17) is 5.26 Å². The minimum Gasteiger partial charge on any atom is -0.282 e. The zero-order valence-electron chi connectivity index (χ0n) is 10.8. The zero-order chi connectivity index (χ0) is 13.5. The maximum absolute atomic E-state index is 11.8. The number of hydrogen-bond acceptors (Lipinski definition) is 3. The molecular weight excluding hydrogens is 254 g/mol. The van der Waals surface area contributed by atoms with Gasteiger partial charge in [0, 0.05) is 5.25 Å². The number of benzene rings is 1. The van der Waals surface area contributed by atoms with Gasteiger partial charge in [-0.2, -0.15) is 5.26 Å². The van der Waals surface area contributed by atoms with E-state index in [0.717, 1.165) is 5.56 Å². The van der Waals surface area contributed by atoms with Gasteiger partial charge in [0.1, 0.15) is 0 Å². The highest BCUT2D eigenvalue weighted by Gasteiger charge is 2.16. The van der Waals surface area contributed by atoms with Crippen molar-refractivity contribution in [1.82, 2.24) is 0 Å². The molecule has 0 atom stereocenters. The number of nitrogens with zero attached hydrogens (tertiary/aromatic N) is 1. The van der Waals surface area contributed by atoms with Crippen LogP contribution in [0.25, 0.3) is 6.08 Å². The van der Waals surface area contributed by atoms with E-state index in [2.05, 4.69) is 6.07 Å². The Balaban J connectivity index is 1.86. The van der Waals surface area contributed by atoms with Gasteiger partial charge in [-0.05, 0) is 36.6 Å². The summed E-state index contributed by atoms with van der Waals surface area (Å²) >= 11 is 1.47. The first-order valence-corrected chi connectivity index (χ1v) is 7.55. The number of thioether (sulfide) groups is 1. The van der Waals surface area contributed by atoms with Crippen LogP contribution in [0.4, 0.5) is 0 Å². The smallest absolute Gasteiger partial charge is 0.212 e. The Labute approximate surface area is 118 Å². The van der Waals surface area contributed by atoms with Crippen molar-refractivity contribution in [3.8, 4) is 6.07 Å². The van der Waals surface area contributed by atoms with Crippen LogP contribution in [0.15, 0.2) is 30.3 Å². The Kier molecular flexibility index (Phi) is 5.23. The van der Waals surface area contributed by atoms with Crippen LogP contribution >= 0.6 is 11.8 Å². The van der Waals surface area contributed by atoms with Gasteiger partial charge < -0.3 is 0 Å². The van der Waals surface area contributed by atoms with Crippen molar-refractivity contribution in [2.45, 2.75) is 37.4 Å². The van der Waals surface area contributed by atoms with E-state index in [9.17, 15) is 4.79 Å². The van der Waals surface area contributed by atoms with Gasteiger partial charge in [-0.25, -0.2) is 0 Å². The van der Waals surface area contributed by atoms with Gasteiger partial charge in [0.15, 0.2) is 0 Å². The first-order valence-electron chi connectivity index (χ1n) is 6.67. The Hall–Kier alpha value is -1.53. The normalized spacial score (nSPS) is 16.4. The van der Waals surface area contributed by atoms with Crippen LogP contribution in [0.3, 0.4) is 0 Å². The van der Waals surface area contributed by atoms with Gasteiger partial charge in [-0.15, -0.1) is 0 Å². The molecule has 1 saturated carbocycles. The first-order chi connectivity index (χ1) is 9.28. The SMILES string of the molecule is N#Cc1ccc(/C=C/C(=O)SC2CCCCC2)cc1. The lowest BCUT2D eigenvalue weighted by Gasteiger charge is -2.19. The molecule has 19 heavy (non-hydrogen) atoms. The van der Waals surface area contributed by atoms with Crippen LogP contribution in [0.2, 0.25) is 0 Å². The van der Waals surface area contributed by atoms with Gasteiger partial charge in [-0.3, -0.25) is 4.79 Å². The van der Waals surface area contributed by atoms with Crippen molar-refractivity contribution < 1.29 is 4.79 Å². The van der Waals surface area contributed by atoms with Gasteiger partial charge >= 0.3 is 0 Å². The third-order valence-corrected chi connectivity index (χ3v) is 4.46. The van der Waals surface area contributed by atoms with Crippen LogP contribution < -0.4 is 0 Å². The highest BCUT2D eigenvalue weighted by molar-refractivity contribution is 8.14. The molecule has 3 heteroatoms. The topological polar surface area (TPSA) is 40.9 Å². The molecule has 0 spiro atoms. The molecular formula is C16H17NOS. The van der Waals surface area contributed by atoms with E-state index >= 15 is 0 Å². The monoisotopic (exact) mass is 271 g/mol. The fraction of sp³-hybridized carbons (Fsp3) is 0.375. The Morgan fingerprint density at radius 2 is 1.89 bits per heavy atom. The van der Waals surface area contributed by atoms with Crippen LogP contribution in [-0.2, 0) is 4.79 Å². The van der Waals surface area contributed by atoms with E-state index in [1.165, 1.54) is 43.9 Å². The molecule has 0 bridgehead atoms. The summed E-state index contributed by atoms with van der Waals surface area (Å²) in [5, 5.41) is 9.35. The molecule has 0 aliphatic heterocycles. The van der Waals surface area contributed by atoms with Gasteiger partial charge in [0.05, 0.1) is 11.6 Å². The van der Waals surface area contributed by atoms with Gasteiger partial charge in [0.2, 0.25) is 5.12 Å². The van der Waals surface area contributed by atoms with Crippen LogP contribution in [0.5, 0.6) is 0 Å². The molecule has 0 heterocycles. The quantitative estimate of drug-likeness (QED) is 0.775. The molecule has 0 aromatic heterocycles. The van der Waals surface area contributed by atoms with E-state index in [-0.39, 0.29) is 5.12 Å². The van der Waals surface area contributed by atoms with E-state index in [1.54, 1.807) is 18.2 Å². The number of carbonyl (C=O) groups excluding carboxylic acids is 1. The number of rotatable bonds is 3. The number of nitriles is 1. The fourth-order valence-electron chi connectivity index (χ4n) is 2.22. The summed E-state index contributed by atoms with van der Waals surface area (Å²) in [7, 11) is 0. The van der Waals surface area contributed by atoms with E-state index < -0.39 is 0 Å². The van der Waals surface area contributed by atoms with Crippen molar-refractivity contribution in [3.63, 3.8) is 0 Å². The lowest BCUT2D eigenvalue weighted by atomic mass is 10.0. The fourth-order valence-corrected chi connectivity index (χ4v) is 3.26. The molecule has 1 aliphatic rings. The second kappa shape index (κ2) is 7.16. The van der Waals surface area contributed by atoms with Gasteiger partial charge in [-0.1, -0.05) is 49.2 Å². The molecule has 1 aromatic rings. The third-order valence-electron chi connectivity index (χ3n) is 3.29. The summed E-state index contributed by atoms with van der Waals surface area (Å²) in [5.74, 6) is 0. The third kappa shape index (κ3) is 4.57. The largest absolute Gasteiger partial charge is 0.282 e. The van der Waals surface area contributed by atoms with Crippen molar-refractivity contribution in [1.29, 1.82) is 5.26 Å². The molecule has 0 radical (unpaired) electrons. The number of carbonyl (C=O) groups is 1. The van der Waals surface area contributed by atoms with Crippen molar-refractivity contribution in [3.05, 3.63) is 41.5 Å². The molecule has 0 saturated heterocycles. The average Bonchev–Trinajstić information content (AvgIpc) is 2.47. The lowest BCUT2D eigenvalue weighted by Crippen LogP contribution is -2.10. The van der Waals surface area contributed by atoms with Crippen LogP contribution in [0.1, 0.15) is 43.2 Å². The van der Waals surface area contributed by atoms with Crippen molar-refractivity contribution in [2.75, 3.05) is 0 Å². The molecule has 98 valence electrons. The minimum absolute atomic E-state index is 0.135. The summed E-state index contributed by atoms with van der Waals surface area (Å²) in [6, 6.07) is 9.31. The molecule has 1 fully saturated rings. The Morgan fingerprint density at radius 1 is 1.21 bits per heavy atom. The Bertz CT molecular complexity index is 492. The first kappa shape index (κ1) is 13.9. The highest BCUT2D eigenvalue weighted by atomic mass is 32.2. The van der Waals surface area contributed by atoms with E-state index in [1.807, 2.05) is 18.2 Å². The minimum atomic E-state index is 0.135. The molecule has 1 aliphatic carbocycles. The second-order valence-corrected chi connectivity index (χ2v) is 6.07. The molecule has 0 unspecified atom stereocenters. The highest BCUT2D eigenvalue weighted by Crippen LogP contribution is 2.28. The van der Waals surface area contributed by atoms with Crippen LogP contribution in [0, 0.1) is 11.3 Å². The van der Waals surface area contributed by atoms with Gasteiger partial charge in [0.25, 0.3) is 0 Å². The summed E-state index contributed by atoms with van der Waals surface area (Å²) in [6.07, 6.45) is 9.61. The lowest BCUT2D eigenvalue weighted by molar-refractivity contribution is -0.107. The summed E-state index contributed by atoms with van der Waals surface area (Å²) in [5.41, 5.74) is 1.59. The number of hydrogen-bond donors (Lipinski definition) is 0. The summed E-state index contributed by atoms with van der Waals surface area (Å²) < 4.78 is 0. The predicted molar refractivity (Wildman–Crippen MR) is 79.7 cm³/mol. The van der Waals surface area contributed by atoms with Crippen molar-refractivity contribution >= 4 is 23.0 Å². The second-order valence-electron chi connectivity index (χ2n) is 4.76. The molecule has 0 N–H and O–H groups in total. The standard InChI is InChI=1S/C16H17NOS/c17-12-14-8-6-13(7-9-14)10-11-16(18)19-15-4-2-1-3-5-15/h6-11,15H,1-5H2/b11-10+. The van der Waals surface area contributed by atoms with E-state index in [0.29, 0.717) is 10.8 Å². The maximum Gasteiger partial charge on any atom is 0.212 e.